The number of nitrogens with one attached hydrogen (secondary N) is 1. The van der Waals surface area contributed by atoms with E-state index in [-0.39, 0.29) is 30.0 Å². The van der Waals surface area contributed by atoms with Gasteiger partial charge in [0.1, 0.15) is 0 Å². The van der Waals surface area contributed by atoms with Gasteiger partial charge >= 0.3 is 0 Å². The average Bonchev–Trinajstić information content (AvgIpc) is 2.89. The molecule has 0 atom stereocenters. The van der Waals surface area contributed by atoms with E-state index < -0.39 is 0 Å². The molecule has 1 heterocycles. The zero-order chi connectivity index (χ0) is 20.3. The van der Waals surface area contributed by atoms with Crippen LogP contribution in [0.2, 0.25) is 0 Å². The summed E-state index contributed by atoms with van der Waals surface area (Å²) in [6, 6.07) is 13.2. The van der Waals surface area contributed by atoms with Crippen LogP contribution < -0.4 is 5.32 Å². The summed E-state index contributed by atoms with van der Waals surface area (Å²) >= 11 is 4.28. The molecule has 0 aromatic heterocycles. The lowest BCUT2D eigenvalue weighted by atomic mass is 10.1. The molecule has 0 bridgehead atoms. The lowest BCUT2D eigenvalue weighted by Gasteiger charge is -2.13. The van der Waals surface area contributed by atoms with Crippen molar-refractivity contribution in [2.75, 3.05) is 11.9 Å². The number of halogens is 1. The Kier molecular flexibility index (Phi) is 6.36. The van der Waals surface area contributed by atoms with Crippen LogP contribution >= 0.6 is 27.7 Å². The van der Waals surface area contributed by atoms with Crippen molar-refractivity contribution in [1.82, 2.24) is 4.90 Å². The fourth-order valence-corrected chi connectivity index (χ4v) is 4.10. The summed E-state index contributed by atoms with van der Waals surface area (Å²) < 4.78 is 0.892. The molecule has 7 heteroatoms. The van der Waals surface area contributed by atoms with E-state index in [2.05, 4.69) is 21.2 Å². The van der Waals surface area contributed by atoms with Crippen molar-refractivity contribution in [3.63, 3.8) is 0 Å². The molecule has 2 aromatic rings. The van der Waals surface area contributed by atoms with Gasteiger partial charge in [-0.1, -0.05) is 45.8 Å². The molecule has 0 aliphatic carbocycles. The Hall–Kier alpha value is -2.38. The number of hydrogen-bond donors (Lipinski definition) is 1. The first-order valence-electron chi connectivity index (χ1n) is 8.71. The van der Waals surface area contributed by atoms with Crippen LogP contribution in [0.1, 0.15) is 23.1 Å². The largest absolute Gasteiger partial charge is 0.326 e. The first-order chi connectivity index (χ1) is 13.3. The molecule has 1 fully saturated rings. The third-order valence-electron chi connectivity index (χ3n) is 4.24. The van der Waals surface area contributed by atoms with E-state index in [0.29, 0.717) is 4.91 Å². The second kappa shape index (κ2) is 8.75. The molecule has 3 rings (SSSR count). The molecule has 0 radical (unpaired) electrons. The zero-order valence-corrected chi connectivity index (χ0v) is 17.9. The van der Waals surface area contributed by atoms with E-state index in [1.807, 2.05) is 56.3 Å². The highest BCUT2D eigenvalue weighted by Gasteiger charge is 2.35. The smallest absolute Gasteiger partial charge is 0.293 e. The summed E-state index contributed by atoms with van der Waals surface area (Å²) in [7, 11) is 0. The average molecular weight is 459 g/mol. The summed E-state index contributed by atoms with van der Waals surface area (Å²) in [5.41, 5.74) is 3.65. The number of aryl methyl sites for hydroxylation is 2. The second-order valence-corrected chi connectivity index (χ2v) is 8.41. The summed E-state index contributed by atoms with van der Waals surface area (Å²) in [5, 5.41) is 2.48. The highest BCUT2D eigenvalue weighted by molar-refractivity contribution is 9.10. The number of amides is 3. The number of thioether (sulfide) groups is 1. The number of anilines is 1. The third-order valence-corrected chi connectivity index (χ3v) is 5.64. The summed E-state index contributed by atoms with van der Waals surface area (Å²) in [6.07, 6.45) is 1.74. The highest BCUT2D eigenvalue weighted by Crippen LogP contribution is 2.32. The van der Waals surface area contributed by atoms with Gasteiger partial charge in [0, 0.05) is 23.1 Å². The third kappa shape index (κ3) is 4.91. The maximum atomic E-state index is 12.5. The molecule has 2 aromatic carbocycles. The molecule has 0 saturated carbocycles. The van der Waals surface area contributed by atoms with Gasteiger partial charge in [-0.15, -0.1) is 0 Å². The number of hydrogen-bond acceptors (Lipinski definition) is 4. The fraction of sp³-hybridized carbons (Fsp3) is 0.190. The Labute approximate surface area is 176 Å². The molecule has 3 amide bonds. The first-order valence-corrected chi connectivity index (χ1v) is 10.3. The number of carbonyl (C=O) groups is 3. The molecule has 144 valence electrons. The molecule has 1 saturated heterocycles. The van der Waals surface area contributed by atoms with Crippen LogP contribution in [0.25, 0.3) is 6.08 Å². The number of nitrogens with zero attached hydrogens (tertiary/aromatic N) is 1. The number of benzene rings is 2. The van der Waals surface area contributed by atoms with Gasteiger partial charge in [0.15, 0.2) is 0 Å². The van der Waals surface area contributed by atoms with Crippen molar-refractivity contribution in [1.29, 1.82) is 0 Å². The normalized spacial score (nSPS) is 15.4. The highest BCUT2D eigenvalue weighted by atomic mass is 79.9. The Bertz CT molecular complexity index is 987. The second-order valence-electron chi connectivity index (χ2n) is 6.50. The monoisotopic (exact) mass is 458 g/mol. The van der Waals surface area contributed by atoms with E-state index in [1.54, 1.807) is 6.08 Å². The maximum Gasteiger partial charge on any atom is 0.293 e. The molecule has 1 N–H and O–H groups in total. The van der Waals surface area contributed by atoms with Crippen LogP contribution in [0.3, 0.4) is 0 Å². The summed E-state index contributed by atoms with van der Waals surface area (Å²) in [4.78, 5) is 38.5. The molecule has 1 aliphatic heterocycles. The van der Waals surface area contributed by atoms with E-state index in [4.69, 9.17) is 0 Å². The minimum absolute atomic E-state index is 0.0511. The van der Waals surface area contributed by atoms with Crippen molar-refractivity contribution >= 4 is 56.5 Å². The SMILES string of the molecule is Cc1ccc(NC(=O)CCN2C(=O)SC(=Cc3cccc(Br)c3)C2=O)c(C)c1. The quantitative estimate of drug-likeness (QED) is 0.630. The number of rotatable bonds is 5. The maximum absolute atomic E-state index is 12.5. The molecular formula is C21H19BrN2O3S. The number of imide groups is 1. The molecular weight excluding hydrogens is 440 g/mol. The van der Waals surface area contributed by atoms with E-state index in [0.717, 1.165) is 43.5 Å². The van der Waals surface area contributed by atoms with E-state index in [1.165, 1.54) is 0 Å². The minimum atomic E-state index is -0.366. The van der Waals surface area contributed by atoms with Crippen LogP contribution in [0, 0.1) is 13.8 Å². The molecule has 0 spiro atoms. The van der Waals surface area contributed by atoms with Crippen LogP contribution in [0.5, 0.6) is 0 Å². The van der Waals surface area contributed by atoms with Crippen molar-refractivity contribution in [3.8, 4) is 0 Å². The van der Waals surface area contributed by atoms with E-state index in [9.17, 15) is 14.4 Å². The molecule has 28 heavy (non-hydrogen) atoms. The first kappa shape index (κ1) is 20.4. The zero-order valence-electron chi connectivity index (χ0n) is 15.5. The lowest BCUT2D eigenvalue weighted by molar-refractivity contribution is -0.123. The summed E-state index contributed by atoms with van der Waals surface area (Å²) in [5.74, 6) is -0.601. The predicted octanol–water partition coefficient (Wildman–Crippen LogP) is 5.13. The number of carbonyl (C=O) groups excluding carboxylic acids is 3. The fourth-order valence-electron chi connectivity index (χ4n) is 2.82. The molecule has 1 aliphatic rings. The van der Waals surface area contributed by atoms with Crippen LogP contribution in [-0.4, -0.2) is 28.5 Å². The van der Waals surface area contributed by atoms with Crippen LogP contribution in [0.15, 0.2) is 51.8 Å². The molecule has 5 nitrogen and oxygen atoms in total. The van der Waals surface area contributed by atoms with Gasteiger partial charge in [0.2, 0.25) is 5.91 Å². The van der Waals surface area contributed by atoms with Crippen molar-refractivity contribution in [2.45, 2.75) is 20.3 Å². The van der Waals surface area contributed by atoms with Gasteiger partial charge in [-0.05, 0) is 61.0 Å². The van der Waals surface area contributed by atoms with Gasteiger partial charge in [0.05, 0.1) is 4.91 Å². The Morgan fingerprint density at radius 1 is 1.18 bits per heavy atom. The van der Waals surface area contributed by atoms with Crippen molar-refractivity contribution in [2.24, 2.45) is 0 Å². The Morgan fingerprint density at radius 3 is 2.68 bits per heavy atom. The minimum Gasteiger partial charge on any atom is -0.326 e. The van der Waals surface area contributed by atoms with Gasteiger partial charge in [0.25, 0.3) is 11.1 Å². The predicted molar refractivity (Wildman–Crippen MR) is 116 cm³/mol. The topological polar surface area (TPSA) is 66.5 Å². The van der Waals surface area contributed by atoms with Crippen LogP contribution in [0.4, 0.5) is 10.5 Å². The standard InChI is InChI=1S/C21H19BrN2O3S/c1-13-6-7-17(14(2)10-13)23-19(25)8-9-24-20(26)18(28-21(24)27)12-15-4-3-5-16(22)11-15/h3-7,10-12H,8-9H2,1-2H3,(H,23,25). The van der Waals surface area contributed by atoms with Gasteiger partial charge < -0.3 is 5.32 Å². The lowest BCUT2D eigenvalue weighted by Crippen LogP contribution is -2.31. The summed E-state index contributed by atoms with van der Waals surface area (Å²) in [6.45, 7) is 3.96. The van der Waals surface area contributed by atoms with Gasteiger partial charge in [-0.3, -0.25) is 19.3 Å². The van der Waals surface area contributed by atoms with E-state index >= 15 is 0 Å². The Balaban J connectivity index is 1.62. The Morgan fingerprint density at radius 2 is 1.96 bits per heavy atom. The van der Waals surface area contributed by atoms with Crippen LogP contribution in [-0.2, 0) is 9.59 Å². The van der Waals surface area contributed by atoms with Gasteiger partial charge in [-0.25, -0.2) is 0 Å². The van der Waals surface area contributed by atoms with Crippen molar-refractivity contribution < 1.29 is 14.4 Å². The molecule has 0 unspecified atom stereocenters. The van der Waals surface area contributed by atoms with Gasteiger partial charge in [-0.2, -0.15) is 0 Å². The van der Waals surface area contributed by atoms with Crippen molar-refractivity contribution in [3.05, 3.63) is 68.5 Å².